The van der Waals surface area contributed by atoms with Gasteiger partial charge in [-0.1, -0.05) is 89.9 Å². The summed E-state index contributed by atoms with van der Waals surface area (Å²) in [4.78, 5) is 13.8. The number of aromatic nitrogens is 2. The van der Waals surface area contributed by atoms with Gasteiger partial charge in [0, 0.05) is 12.6 Å². The molecule has 0 spiro atoms. The number of benzene rings is 3. The molecule has 1 aromatic heterocycles. The first kappa shape index (κ1) is 25.9. The Balaban J connectivity index is 0.00000304. The van der Waals surface area contributed by atoms with E-state index in [1.54, 1.807) is 18.3 Å². The van der Waals surface area contributed by atoms with Crippen LogP contribution in [0, 0.1) is 0 Å². The van der Waals surface area contributed by atoms with E-state index >= 15 is 0 Å². The molecule has 1 atom stereocenters. The maximum atomic E-state index is 13.8. The molecule has 1 unspecified atom stereocenters. The number of carbonyl (C=O) groups is 1. The minimum atomic E-state index is -0.472. The second-order valence-electron chi connectivity index (χ2n) is 8.36. The van der Waals surface area contributed by atoms with Crippen LogP contribution >= 0.6 is 36.7 Å². The normalized spacial score (nSPS) is 14.4. The summed E-state index contributed by atoms with van der Waals surface area (Å²) < 4.78 is 1.81. The van der Waals surface area contributed by atoms with Crippen LogP contribution in [0.5, 0.6) is 0 Å². The fraction of sp³-hybridized carbons (Fsp3) is 0.143. The van der Waals surface area contributed by atoms with Crippen molar-refractivity contribution in [1.29, 1.82) is 0 Å². The molecule has 8 heteroatoms. The van der Waals surface area contributed by atoms with Crippen LogP contribution in [0.15, 0.2) is 96.7 Å². The number of rotatable bonds is 7. The van der Waals surface area contributed by atoms with Crippen molar-refractivity contribution in [3.63, 3.8) is 0 Å². The van der Waals surface area contributed by atoms with Gasteiger partial charge in [0.05, 0.1) is 27.5 Å². The van der Waals surface area contributed by atoms with Crippen molar-refractivity contribution in [2.75, 3.05) is 11.9 Å². The molecule has 1 aliphatic heterocycles. The van der Waals surface area contributed by atoms with E-state index in [0.717, 1.165) is 35.5 Å². The van der Waals surface area contributed by atoms with E-state index in [4.69, 9.17) is 23.2 Å². The van der Waals surface area contributed by atoms with E-state index in [9.17, 15) is 4.79 Å². The monoisotopic (exact) mass is 536 g/mol. The lowest BCUT2D eigenvalue weighted by atomic mass is 9.92. The lowest BCUT2D eigenvalue weighted by Crippen LogP contribution is -2.35. The lowest BCUT2D eigenvalue weighted by molar-refractivity contribution is -0.117. The van der Waals surface area contributed by atoms with Crippen molar-refractivity contribution in [2.45, 2.75) is 18.9 Å². The Bertz CT molecular complexity index is 1370. The van der Waals surface area contributed by atoms with E-state index in [0.29, 0.717) is 22.2 Å². The molecular weight excluding hydrogens is 511 g/mol. The van der Waals surface area contributed by atoms with Crippen molar-refractivity contribution in [3.05, 3.63) is 123 Å². The predicted octanol–water partition coefficient (Wildman–Crippen LogP) is 6.48. The van der Waals surface area contributed by atoms with Gasteiger partial charge in [-0.3, -0.25) is 4.79 Å². The van der Waals surface area contributed by atoms with Gasteiger partial charge in [-0.15, -0.1) is 0 Å². The fourth-order valence-corrected chi connectivity index (χ4v) is 4.67. The Morgan fingerprint density at radius 3 is 2.39 bits per heavy atom. The molecule has 3 aromatic carbocycles. The summed E-state index contributed by atoms with van der Waals surface area (Å²) in [6.07, 6.45) is 3.45. The molecule has 36 heavy (non-hydrogen) atoms. The number of aryl methyl sites for hydroxylation is 1. The van der Waals surface area contributed by atoms with Crippen LogP contribution in [0.25, 0.3) is 5.70 Å². The number of nitrogens with zero attached hydrogens (tertiary/aromatic N) is 2. The Morgan fingerprint density at radius 2 is 1.67 bits per heavy atom. The number of hydrogen-bond acceptors (Lipinski definition) is 3. The van der Waals surface area contributed by atoms with Crippen molar-refractivity contribution < 1.29 is 4.79 Å². The summed E-state index contributed by atoms with van der Waals surface area (Å²) in [7, 11) is 0. The van der Waals surface area contributed by atoms with Crippen LogP contribution in [-0.4, -0.2) is 22.2 Å². The first-order chi connectivity index (χ1) is 17.1. The Morgan fingerprint density at radius 1 is 0.944 bits per heavy atom. The molecule has 2 heterocycles. The molecule has 0 bridgehead atoms. The van der Waals surface area contributed by atoms with Gasteiger partial charge in [-0.2, -0.15) is 18.6 Å². The van der Waals surface area contributed by atoms with Crippen LogP contribution < -0.4 is 10.6 Å². The smallest absolute Gasteiger partial charge is 0.251 e. The summed E-state index contributed by atoms with van der Waals surface area (Å²) in [5, 5.41) is 12.0. The molecule has 4 aromatic rings. The van der Waals surface area contributed by atoms with Gasteiger partial charge < -0.3 is 10.6 Å². The van der Waals surface area contributed by atoms with Crippen molar-refractivity contribution in [3.8, 4) is 0 Å². The summed E-state index contributed by atoms with van der Waals surface area (Å²) >= 11 is 12.6. The minimum absolute atomic E-state index is 0. The van der Waals surface area contributed by atoms with Gasteiger partial charge in [-0.25, -0.2) is 4.68 Å². The van der Waals surface area contributed by atoms with E-state index in [2.05, 4.69) is 27.9 Å². The summed E-state index contributed by atoms with van der Waals surface area (Å²) in [5.74, 6) is 0.641. The van der Waals surface area contributed by atoms with E-state index < -0.39 is 6.04 Å². The fourth-order valence-electron chi connectivity index (χ4n) is 4.37. The third-order valence-corrected chi connectivity index (χ3v) is 6.79. The Hall–Kier alpha value is -3.19. The number of amides is 1. The van der Waals surface area contributed by atoms with Crippen molar-refractivity contribution in [2.24, 2.45) is 0 Å². The Kier molecular flexibility index (Phi) is 8.41. The zero-order valence-corrected chi connectivity index (χ0v) is 21.9. The van der Waals surface area contributed by atoms with Gasteiger partial charge >= 0.3 is 0 Å². The van der Waals surface area contributed by atoms with E-state index in [-0.39, 0.29) is 19.4 Å². The van der Waals surface area contributed by atoms with Gasteiger partial charge in [0.2, 0.25) is 0 Å². The summed E-state index contributed by atoms with van der Waals surface area (Å²) in [6, 6.07) is 27.0. The van der Waals surface area contributed by atoms with Crippen LogP contribution in [0.1, 0.15) is 29.2 Å². The zero-order valence-electron chi connectivity index (χ0n) is 19.4. The number of nitrogens with one attached hydrogen (secondary N) is 2. The molecule has 0 saturated carbocycles. The predicted molar refractivity (Wildman–Crippen MR) is 152 cm³/mol. The highest BCUT2D eigenvalue weighted by atomic mass is 35.5. The molecule has 1 aliphatic rings. The van der Waals surface area contributed by atoms with Gasteiger partial charge in [-0.05, 0) is 41.7 Å². The maximum Gasteiger partial charge on any atom is 0.251 e. The molecule has 1 amide bonds. The average molecular weight is 538 g/mol. The maximum absolute atomic E-state index is 13.8. The number of fused-ring (bicyclic) bond motifs is 1. The van der Waals surface area contributed by atoms with Gasteiger partial charge in [0.15, 0.2) is 0 Å². The number of hydrogen-bond donors (Lipinski definition) is 2. The highest BCUT2D eigenvalue weighted by Gasteiger charge is 2.34. The second kappa shape index (κ2) is 11.7. The second-order valence-corrected chi connectivity index (χ2v) is 9.18. The van der Waals surface area contributed by atoms with Crippen LogP contribution in [0.2, 0.25) is 10.0 Å². The van der Waals surface area contributed by atoms with Crippen LogP contribution in [-0.2, 0) is 11.2 Å². The minimum Gasteiger partial charge on any atom is -0.352 e. The SMILES string of the molecule is O=C(NCCCc1ccccc1)C1=C(c2ccccc2)Nc2ccnn2C1c1ccc(Cl)c(Cl)c1.S. The Labute approximate surface area is 227 Å². The first-order valence-corrected chi connectivity index (χ1v) is 12.2. The molecule has 5 nitrogen and oxygen atoms in total. The first-order valence-electron chi connectivity index (χ1n) is 11.5. The molecule has 2 N–H and O–H groups in total. The molecular formula is C28H26Cl2N4OS. The van der Waals surface area contributed by atoms with Crippen LogP contribution in [0.3, 0.4) is 0 Å². The van der Waals surface area contributed by atoms with E-state index in [1.807, 2.05) is 65.3 Å². The average Bonchev–Trinajstić information content (AvgIpc) is 3.37. The van der Waals surface area contributed by atoms with E-state index in [1.165, 1.54) is 5.56 Å². The van der Waals surface area contributed by atoms with Crippen molar-refractivity contribution in [1.82, 2.24) is 15.1 Å². The molecule has 0 fully saturated rings. The standard InChI is InChI=1S/C28H24Cl2N4O.H2S/c29-22-14-13-21(18-23(22)30)27-25(28(35)31-16-7-10-19-8-3-1-4-9-19)26(20-11-5-2-6-12-20)33-24-15-17-32-34(24)27;/h1-6,8-9,11-15,17-18,27,33H,7,10,16H2,(H,31,35);1H2. The summed E-state index contributed by atoms with van der Waals surface area (Å²) in [5.41, 5.74) is 4.31. The van der Waals surface area contributed by atoms with Crippen molar-refractivity contribution >= 4 is 54.1 Å². The van der Waals surface area contributed by atoms with Gasteiger partial charge in [0.1, 0.15) is 11.9 Å². The highest BCUT2D eigenvalue weighted by molar-refractivity contribution is 7.59. The zero-order chi connectivity index (χ0) is 24.2. The third kappa shape index (κ3) is 5.46. The highest BCUT2D eigenvalue weighted by Crippen LogP contribution is 2.40. The third-order valence-electron chi connectivity index (χ3n) is 6.05. The quantitative estimate of drug-likeness (QED) is 0.266. The number of anilines is 1. The van der Waals surface area contributed by atoms with Crippen LogP contribution in [0.4, 0.5) is 5.82 Å². The van der Waals surface area contributed by atoms with Gasteiger partial charge in [0.25, 0.3) is 5.91 Å². The molecule has 0 radical (unpaired) electrons. The molecule has 184 valence electrons. The molecule has 5 rings (SSSR count). The molecule has 0 saturated heterocycles. The number of carbonyl (C=O) groups excluding carboxylic acids is 1. The topological polar surface area (TPSA) is 59.0 Å². The summed E-state index contributed by atoms with van der Waals surface area (Å²) in [6.45, 7) is 0.555. The lowest BCUT2D eigenvalue weighted by Gasteiger charge is -2.31. The number of halogens is 2. The largest absolute Gasteiger partial charge is 0.352 e. The molecule has 0 aliphatic carbocycles.